The summed E-state index contributed by atoms with van der Waals surface area (Å²) in [5.74, 6) is 1.47. The van der Waals surface area contributed by atoms with Gasteiger partial charge in [-0.3, -0.25) is 14.5 Å². The number of rotatable bonds is 4. The first kappa shape index (κ1) is 17.0. The van der Waals surface area contributed by atoms with Crippen LogP contribution in [-0.2, 0) is 9.59 Å². The molecule has 3 rings (SSSR count). The summed E-state index contributed by atoms with van der Waals surface area (Å²) in [7, 11) is 0. The molecule has 1 aromatic rings. The number of nitrogens with one attached hydrogen (secondary N) is 1. The molecule has 0 radical (unpaired) electrons. The van der Waals surface area contributed by atoms with Crippen LogP contribution < -0.4 is 10.2 Å². The van der Waals surface area contributed by atoms with Crippen LogP contribution in [-0.4, -0.2) is 42.9 Å². The number of anilines is 2. The van der Waals surface area contributed by atoms with E-state index in [2.05, 4.69) is 24.1 Å². The zero-order valence-corrected chi connectivity index (χ0v) is 14.6. The molecule has 0 unspecified atom stereocenters. The standard InChI is InChI=1S/C19H27N3O2/c1-14-9-15(2)12-21(11-14)13-18(23)20-16-5-3-6-17(10-16)22-8-4-7-19(22)24/h3,5-6,10,14-15H,4,7-9,11-13H2,1-2H3,(H,20,23)/t14-,15+. The average Bonchev–Trinajstić information content (AvgIpc) is 2.92. The quantitative estimate of drug-likeness (QED) is 0.924. The molecule has 2 aliphatic heterocycles. The number of hydrogen-bond donors (Lipinski definition) is 1. The average molecular weight is 329 g/mol. The van der Waals surface area contributed by atoms with E-state index in [0.717, 1.165) is 37.4 Å². The van der Waals surface area contributed by atoms with Gasteiger partial charge in [0.05, 0.1) is 6.54 Å². The van der Waals surface area contributed by atoms with Crippen molar-refractivity contribution in [2.24, 2.45) is 11.8 Å². The summed E-state index contributed by atoms with van der Waals surface area (Å²) < 4.78 is 0. The molecule has 2 heterocycles. The normalized spacial score (nSPS) is 25.1. The summed E-state index contributed by atoms with van der Waals surface area (Å²) in [6, 6.07) is 7.58. The van der Waals surface area contributed by atoms with Gasteiger partial charge < -0.3 is 10.2 Å². The second-order valence-corrected chi connectivity index (χ2v) is 7.39. The second-order valence-electron chi connectivity index (χ2n) is 7.39. The van der Waals surface area contributed by atoms with Gasteiger partial charge in [0.2, 0.25) is 11.8 Å². The monoisotopic (exact) mass is 329 g/mol. The fraction of sp³-hybridized carbons (Fsp3) is 0.579. The van der Waals surface area contributed by atoms with Crippen LogP contribution in [0.1, 0.15) is 33.1 Å². The van der Waals surface area contributed by atoms with Crippen LogP contribution in [0.3, 0.4) is 0 Å². The molecular formula is C19H27N3O2. The number of carbonyl (C=O) groups excluding carboxylic acids is 2. The van der Waals surface area contributed by atoms with Crippen LogP contribution in [0.5, 0.6) is 0 Å². The number of nitrogens with zero attached hydrogens (tertiary/aromatic N) is 2. The minimum Gasteiger partial charge on any atom is -0.325 e. The maximum absolute atomic E-state index is 12.4. The van der Waals surface area contributed by atoms with E-state index in [0.29, 0.717) is 24.8 Å². The summed E-state index contributed by atoms with van der Waals surface area (Å²) in [5, 5.41) is 2.98. The van der Waals surface area contributed by atoms with Crippen molar-refractivity contribution in [3.05, 3.63) is 24.3 Å². The Bertz CT molecular complexity index is 606. The van der Waals surface area contributed by atoms with Gasteiger partial charge in [0.1, 0.15) is 0 Å². The molecule has 24 heavy (non-hydrogen) atoms. The third-order valence-electron chi connectivity index (χ3n) is 4.83. The molecule has 130 valence electrons. The number of hydrogen-bond acceptors (Lipinski definition) is 3. The Morgan fingerprint density at radius 2 is 2.00 bits per heavy atom. The van der Waals surface area contributed by atoms with Gasteiger partial charge in [-0.1, -0.05) is 19.9 Å². The lowest BCUT2D eigenvalue weighted by Crippen LogP contribution is -2.42. The molecule has 2 aliphatic rings. The summed E-state index contributed by atoms with van der Waals surface area (Å²) >= 11 is 0. The highest BCUT2D eigenvalue weighted by Gasteiger charge is 2.24. The first-order valence-electron chi connectivity index (χ1n) is 8.94. The number of amides is 2. The highest BCUT2D eigenvalue weighted by molar-refractivity contribution is 5.97. The molecule has 2 atom stereocenters. The highest BCUT2D eigenvalue weighted by atomic mass is 16.2. The fourth-order valence-electron chi connectivity index (χ4n) is 4.00. The van der Waals surface area contributed by atoms with E-state index in [1.54, 1.807) is 4.90 Å². The zero-order valence-electron chi connectivity index (χ0n) is 14.6. The molecule has 5 heteroatoms. The van der Waals surface area contributed by atoms with Gasteiger partial charge in [-0.15, -0.1) is 0 Å². The number of likely N-dealkylation sites (tertiary alicyclic amines) is 1. The Morgan fingerprint density at radius 1 is 1.25 bits per heavy atom. The van der Waals surface area contributed by atoms with Gasteiger partial charge >= 0.3 is 0 Å². The van der Waals surface area contributed by atoms with E-state index in [9.17, 15) is 9.59 Å². The van der Waals surface area contributed by atoms with Crippen molar-refractivity contribution in [3.63, 3.8) is 0 Å². The van der Waals surface area contributed by atoms with Crippen LogP contribution in [0.25, 0.3) is 0 Å². The fourth-order valence-corrected chi connectivity index (χ4v) is 4.00. The van der Waals surface area contributed by atoms with Crippen LogP contribution in [0, 0.1) is 11.8 Å². The van der Waals surface area contributed by atoms with Crippen molar-refractivity contribution in [2.75, 3.05) is 36.4 Å². The van der Waals surface area contributed by atoms with Crippen molar-refractivity contribution in [2.45, 2.75) is 33.1 Å². The van der Waals surface area contributed by atoms with Crippen LogP contribution in [0.15, 0.2) is 24.3 Å². The van der Waals surface area contributed by atoms with E-state index >= 15 is 0 Å². The van der Waals surface area contributed by atoms with E-state index in [4.69, 9.17) is 0 Å². The molecule has 1 aromatic carbocycles. The molecule has 5 nitrogen and oxygen atoms in total. The van der Waals surface area contributed by atoms with E-state index in [-0.39, 0.29) is 11.8 Å². The number of piperidine rings is 1. The largest absolute Gasteiger partial charge is 0.325 e. The Balaban J connectivity index is 1.59. The predicted molar refractivity (Wildman–Crippen MR) is 96.0 cm³/mol. The topological polar surface area (TPSA) is 52.7 Å². The van der Waals surface area contributed by atoms with Gasteiger partial charge in [0.15, 0.2) is 0 Å². The first-order valence-corrected chi connectivity index (χ1v) is 8.94. The van der Waals surface area contributed by atoms with E-state index in [1.807, 2.05) is 24.3 Å². The summed E-state index contributed by atoms with van der Waals surface area (Å²) in [4.78, 5) is 28.3. The van der Waals surface area contributed by atoms with Gasteiger partial charge in [0.25, 0.3) is 0 Å². The lowest BCUT2D eigenvalue weighted by atomic mass is 9.92. The molecular weight excluding hydrogens is 302 g/mol. The SMILES string of the molecule is C[C@@H]1C[C@H](C)CN(CC(=O)Nc2cccc(N3CCCC3=O)c2)C1. The van der Waals surface area contributed by atoms with Gasteiger partial charge in [-0.2, -0.15) is 0 Å². The molecule has 2 fully saturated rings. The molecule has 0 spiro atoms. The molecule has 0 bridgehead atoms. The maximum Gasteiger partial charge on any atom is 0.238 e. The van der Waals surface area contributed by atoms with Crippen molar-refractivity contribution < 1.29 is 9.59 Å². The number of benzene rings is 1. The Labute approximate surface area is 144 Å². The van der Waals surface area contributed by atoms with E-state index < -0.39 is 0 Å². The molecule has 0 aromatic heterocycles. The zero-order chi connectivity index (χ0) is 17.1. The minimum absolute atomic E-state index is 0.0150. The highest BCUT2D eigenvalue weighted by Crippen LogP contribution is 2.24. The van der Waals surface area contributed by atoms with Crippen molar-refractivity contribution >= 4 is 23.2 Å². The molecule has 2 amide bonds. The maximum atomic E-state index is 12.4. The van der Waals surface area contributed by atoms with Crippen LogP contribution >= 0.6 is 0 Å². The summed E-state index contributed by atoms with van der Waals surface area (Å²) in [6.45, 7) is 7.66. The second kappa shape index (κ2) is 7.34. The predicted octanol–water partition coefficient (Wildman–Crippen LogP) is 2.73. The summed E-state index contributed by atoms with van der Waals surface area (Å²) in [6.07, 6.45) is 2.76. The Morgan fingerprint density at radius 3 is 2.67 bits per heavy atom. The Hall–Kier alpha value is -1.88. The third-order valence-corrected chi connectivity index (χ3v) is 4.83. The van der Waals surface area contributed by atoms with Crippen LogP contribution in [0.2, 0.25) is 0 Å². The van der Waals surface area contributed by atoms with Crippen LogP contribution in [0.4, 0.5) is 11.4 Å². The van der Waals surface area contributed by atoms with Crippen molar-refractivity contribution in [1.82, 2.24) is 4.90 Å². The third kappa shape index (κ3) is 4.15. The van der Waals surface area contributed by atoms with E-state index in [1.165, 1.54) is 6.42 Å². The lowest BCUT2D eigenvalue weighted by Gasteiger charge is -2.34. The summed E-state index contributed by atoms with van der Waals surface area (Å²) in [5.41, 5.74) is 1.63. The van der Waals surface area contributed by atoms with Gasteiger partial charge in [-0.25, -0.2) is 0 Å². The van der Waals surface area contributed by atoms with Crippen molar-refractivity contribution in [3.8, 4) is 0 Å². The van der Waals surface area contributed by atoms with Crippen molar-refractivity contribution in [1.29, 1.82) is 0 Å². The van der Waals surface area contributed by atoms with Gasteiger partial charge in [0, 0.05) is 37.4 Å². The smallest absolute Gasteiger partial charge is 0.238 e. The van der Waals surface area contributed by atoms with Gasteiger partial charge in [-0.05, 0) is 42.9 Å². The molecule has 1 N–H and O–H groups in total. The first-order chi connectivity index (χ1) is 11.5. The molecule has 2 saturated heterocycles. The molecule has 0 aliphatic carbocycles. The Kier molecular flexibility index (Phi) is 5.19. The number of carbonyl (C=O) groups is 2. The lowest BCUT2D eigenvalue weighted by molar-refractivity contribution is -0.118. The molecule has 0 saturated carbocycles. The minimum atomic E-state index is 0.0150.